The molecule has 0 aliphatic rings. The first-order valence-electron chi connectivity index (χ1n) is 6.23. The molecule has 0 heterocycles. The molecule has 1 aromatic rings. The number of unbranched alkanes of at least 4 members (excludes halogenated alkanes) is 3. The van der Waals surface area contributed by atoms with Crippen molar-refractivity contribution in [3.05, 3.63) is 41.5 Å². The first kappa shape index (κ1) is 13.5. The van der Waals surface area contributed by atoms with Crippen molar-refractivity contribution >= 4 is 12.0 Å². The van der Waals surface area contributed by atoms with E-state index in [9.17, 15) is 4.79 Å². The van der Waals surface area contributed by atoms with Crippen molar-refractivity contribution in [3.63, 3.8) is 0 Å². The number of carboxylic acids is 1. The monoisotopic (exact) mass is 232 g/mol. The van der Waals surface area contributed by atoms with Gasteiger partial charge in [-0.25, -0.2) is 4.79 Å². The topological polar surface area (TPSA) is 37.3 Å². The van der Waals surface area contributed by atoms with Gasteiger partial charge >= 0.3 is 5.97 Å². The largest absolute Gasteiger partial charge is 0.478 e. The van der Waals surface area contributed by atoms with E-state index in [4.69, 9.17) is 5.11 Å². The lowest BCUT2D eigenvalue weighted by atomic mass is 10.0. The van der Waals surface area contributed by atoms with E-state index in [2.05, 4.69) is 13.0 Å². The molecule has 1 aromatic carbocycles. The molecule has 0 fully saturated rings. The zero-order valence-corrected chi connectivity index (χ0v) is 10.4. The second kappa shape index (κ2) is 7.66. The fraction of sp³-hybridized carbons (Fsp3) is 0.400. The van der Waals surface area contributed by atoms with Crippen LogP contribution in [-0.4, -0.2) is 11.1 Å². The third-order valence-electron chi connectivity index (χ3n) is 2.76. The zero-order valence-electron chi connectivity index (χ0n) is 10.4. The minimum absolute atomic E-state index is 0.897. The lowest BCUT2D eigenvalue weighted by molar-refractivity contribution is -0.131. The summed E-state index contributed by atoms with van der Waals surface area (Å²) in [6, 6.07) is 7.99. The average Bonchev–Trinajstić information content (AvgIpc) is 2.33. The third-order valence-corrected chi connectivity index (χ3v) is 2.76. The van der Waals surface area contributed by atoms with Gasteiger partial charge in [-0.05, 0) is 30.0 Å². The standard InChI is InChI=1S/C15H20O2/c1-2-3-4-5-8-13-9-6-7-10-14(13)11-12-15(16)17/h6-7,9-12H,2-5,8H2,1H3,(H,16,17)/b12-11+. The summed E-state index contributed by atoms with van der Waals surface area (Å²) in [5.41, 5.74) is 2.26. The van der Waals surface area contributed by atoms with E-state index >= 15 is 0 Å². The van der Waals surface area contributed by atoms with Gasteiger partial charge in [0.2, 0.25) is 0 Å². The van der Waals surface area contributed by atoms with E-state index < -0.39 is 5.97 Å². The van der Waals surface area contributed by atoms with Crippen LogP contribution in [0.25, 0.3) is 6.08 Å². The summed E-state index contributed by atoms with van der Waals surface area (Å²) < 4.78 is 0. The Bertz CT molecular complexity index is 380. The maximum atomic E-state index is 10.5. The fourth-order valence-corrected chi connectivity index (χ4v) is 1.83. The zero-order chi connectivity index (χ0) is 12.5. The minimum atomic E-state index is -0.897. The van der Waals surface area contributed by atoms with Gasteiger partial charge in [0.05, 0.1) is 0 Å². The second-order valence-electron chi connectivity index (χ2n) is 4.18. The smallest absolute Gasteiger partial charge is 0.328 e. The van der Waals surface area contributed by atoms with E-state index in [0.29, 0.717) is 0 Å². The Balaban J connectivity index is 2.61. The Morgan fingerprint density at radius 2 is 2.00 bits per heavy atom. The summed E-state index contributed by atoms with van der Waals surface area (Å²) in [6.45, 7) is 2.20. The molecule has 92 valence electrons. The van der Waals surface area contributed by atoms with E-state index in [0.717, 1.165) is 12.0 Å². The molecule has 1 N–H and O–H groups in total. The summed E-state index contributed by atoms with van der Waals surface area (Å²) in [6.07, 6.45) is 8.83. The molecule has 2 heteroatoms. The first-order valence-corrected chi connectivity index (χ1v) is 6.23. The molecule has 0 atom stereocenters. The highest BCUT2D eigenvalue weighted by Crippen LogP contribution is 2.14. The lowest BCUT2D eigenvalue weighted by Crippen LogP contribution is -1.91. The lowest BCUT2D eigenvalue weighted by Gasteiger charge is -2.05. The summed E-state index contributed by atoms with van der Waals surface area (Å²) in [5, 5.41) is 8.62. The minimum Gasteiger partial charge on any atom is -0.478 e. The van der Waals surface area contributed by atoms with Gasteiger partial charge in [-0.2, -0.15) is 0 Å². The van der Waals surface area contributed by atoms with Gasteiger partial charge in [0.15, 0.2) is 0 Å². The van der Waals surface area contributed by atoms with Crippen molar-refractivity contribution < 1.29 is 9.90 Å². The normalized spacial score (nSPS) is 10.9. The number of rotatable bonds is 7. The molecule has 0 saturated carbocycles. The van der Waals surface area contributed by atoms with Gasteiger partial charge in [-0.1, -0.05) is 50.5 Å². The molecule has 0 amide bonds. The number of hydrogen-bond donors (Lipinski definition) is 1. The summed E-state index contributed by atoms with van der Waals surface area (Å²) in [5.74, 6) is -0.897. The Hall–Kier alpha value is -1.57. The van der Waals surface area contributed by atoms with Crippen molar-refractivity contribution in [1.29, 1.82) is 0 Å². The van der Waals surface area contributed by atoms with Gasteiger partial charge in [-0.3, -0.25) is 0 Å². The molecular weight excluding hydrogens is 212 g/mol. The molecule has 0 aromatic heterocycles. The second-order valence-corrected chi connectivity index (χ2v) is 4.18. The Morgan fingerprint density at radius 1 is 1.24 bits per heavy atom. The summed E-state index contributed by atoms with van der Waals surface area (Å²) in [7, 11) is 0. The van der Waals surface area contributed by atoms with E-state index in [-0.39, 0.29) is 0 Å². The van der Waals surface area contributed by atoms with Gasteiger partial charge in [0.1, 0.15) is 0 Å². The average molecular weight is 232 g/mol. The van der Waals surface area contributed by atoms with Crippen LogP contribution in [-0.2, 0) is 11.2 Å². The fourth-order valence-electron chi connectivity index (χ4n) is 1.83. The van der Waals surface area contributed by atoms with E-state index in [1.54, 1.807) is 6.08 Å². The van der Waals surface area contributed by atoms with Crippen molar-refractivity contribution in [3.8, 4) is 0 Å². The molecule has 0 unspecified atom stereocenters. The third kappa shape index (κ3) is 5.34. The number of benzene rings is 1. The number of hydrogen-bond acceptors (Lipinski definition) is 1. The van der Waals surface area contributed by atoms with E-state index in [1.807, 2.05) is 18.2 Å². The van der Waals surface area contributed by atoms with Crippen LogP contribution >= 0.6 is 0 Å². The van der Waals surface area contributed by atoms with Gasteiger partial charge in [-0.15, -0.1) is 0 Å². The van der Waals surface area contributed by atoms with Crippen molar-refractivity contribution in [1.82, 2.24) is 0 Å². The summed E-state index contributed by atoms with van der Waals surface area (Å²) >= 11 is 0. The van der Waals surface area contributed by atoms with Crippen LogP contribution in [0.15, 0.2) is 30.3 Å². The van der Waals surface area contributed by atoms with Crippen LogP contribution in [0, 0.1) is 0 Å². The van der Waals surface area contributed by atoms with Crippen LogP contribution in [0.1, 0.15) is 43.7 Å². The molecule has 2 nitrogen and oxygen atoms in total. The van der Waals surface area contributed by atoms with Gasteiger partial charge < -0.3 is 5.11 Å². The number of aliphatic carboxylic acids is 1. The first-order chi connectivity index (χ1) is 8.24. The van der Waals surface area contributed by atoms with Gasteiger partial charge in [0.25, 0.3) is 0 Å². The van der Waals surface area contributed by atoms with Crippen molar-refractivity contribution in [2.75, 3.05) is 0 Å². The predicted molar refractivity (Wildman–Crippen MR) is 71.0 cm³/mol. The van der Waals surface area contributed by atoms with Gasteiger partial charge in [0, 0.05) is 6.08 Å². The quantitative estimate of drug-likeness (QED) is 0.571. The highest BCUT2D eigenvalue weighted by atomic mass is 16.4. The Morgan fingerprint density at radius 3 is 2.71 bits per heavy atom. The Labute approximate surface area is 103 Å². The molecule has 0 spiro atoms. The maximum absolute atomic E-state index is 10.5. The van der Waals surface area contributed by atoms with Crippen molar-refractivity contribution in [2.24, 2.45) is 0 Å². The highest BCUT2D eigenvalue weighted by Gasteiger charge is 1.99. The molecule has 0 saturated heterocycles. The van der Waals surface area contributed by atoms with Crippen LogP contribution in [0.4, 0.5) is 0 Å². The van der Waals surface area contributed by atoms with Crippen LogP contribution in [0.2, 0.25) is 0 Å². The number of aryl methyl sites for hydroxylation is 1. The number of carboxylic acid groups (broad SMARTS) is 1. The molecule has 0 bridgehead atoms. The molecule has 0 radical (unpaired) electrons. The highest BCUT2D eigenvalue weighted by molar-refractivity contribution is 5.85. The van der Waals surface area contributed by atoms with E-state index in [1.165, 1.54) is 37.3 Å². The molecular formula is C15H20O2. The molecule has 17 heavy (non-hydrogen) atoms. The molecule has 1 rings (SSSR count). The Kier molecular flexibility index (Phi) is 6.08. The van der Waals surface area contributed by atoms with Crippen molar-refractivity contribution in [2.45, 2.75) is 39.0 Å². The molecule has 0 aliphatic heterocycles. The predicted octanol–water partition coefficient (Wildman–Crippen LogP) is 3.91. The maximum Gasteiger partial charge on any atom is 0.328 e. The van der Waals surface area contributed by atoms with Crippen LogP contribution in [0.5, 0.6) is 0 Å². The summed E-state index contributed by atoms with van der Waals surface area (Å²) in [4.78, 5) is 10.5. The SMILES string of the molecule is CCCCCCc1ccccc1/C=C/C(=O)O. The number of carbonyl (C=O) groups is 1. The molecule has 0 aliphatic carbocycles. The van der Waals surface area contributed by atoms with Crippen LogP contribution in [0.3, 0.4) is 0 Å². The van der Waals surface area contributed by atoms with Crippen LogP contribution < -0.4 is 0 Å².